The predicted octanol–water partition coefficient (Wildman–Crippen LogP) is 7.51. The van der Waals surface area contributed by atoms with Gasteiger partial charge in [0.1, 0.15) is 29.2 Å². The maximum atomic E-state index is 13.2. The number of ether oxygens (including phenoxy) is 4. The van der Waals surface area contributed by atoms with Crippen LogP contribution in [0.15, 0.2) is 66.9 Å². The van der Waals surface area contributed by atoms with Crippen LogP contribution in [-0.2, 0) is 32.0 Å². The molecule has 49 heavy (non-hydrogen) atoms. The van der Waals surface area contributed by atoms with E-state index < -0.39 is 35.0 Å². The number of fused-ring (bicyclic) bond motifs is 1. The number of para-hydroxylation sites is 1. The lowest BCUT2D eigenvalue weighted by atomic mass is 9.96. The maximum absolute atomic E-state index is 13.2. The zero-order chi connectivity index (χ0) is 36.1. The molecule has 11 heteroatoms. The quantitative estimate of drug-likeness (QED) is 0.137. The van der Waals surface area contributed by atoms with Crippen molar-refractivity contribution >= 4 is 29.1 Å². The number of carbonyl (C=O) groups excluding carboxylic acids is 3. The molecule has 262 valence electrons. The van der Waals surface area contributed by atoms with E-state index >= 15 is 0 Å². The second kappa shape index (κ2) is 14.7. The minimum absolute atomic E-state index is 0.0410. The lowest BCUT2D eigenvalue weighted by molar-refractivity contribution is -0.153. The minimum atomic E-state index is -0.745. The van der Waals surface area contributed by atoms with Gasteiger partial charge in [-0.3, -0.25) is 4.79 Å². The molecule has 1 aromatic heterocycles. The standard InChI is InChI=1S/C38H47N3O8/c1-36(2,3)47-33(43)20-27-13-10-11-16-32(27)46-23-24-17-28(29-21-39-41(31(29)18-24)35(45)49-38(7,8)9)25-14-12-15-26(19-25)30(22-42)40-34(44)48-37(4,5)6/h10-19,21,30,42H,20,22-23H2,1-9H3,(H,40,44)/t30-/m1/s1. The van der Waals surface area contributed by atoms with Gasteiger partial charge < -0.3 is 29.4 Å². The van der Waals surface area contributed by atoms with Crippen molar-refractivity contribution in [2.24, 2.45) is 0 Å². The summed E-state index contributed by atoms with van der Waals surface area (Å²) < 4.78 is 24.0. The fourth-order valence-electron chi connectivity index (χ4n) is 5.05. The average Bonchev–Trinajstić information content (AvgIpc) is 3.41. The molecular weight excluding hydrogens is 626 g/mol. The number of esters is 1. The third-order valence-electron chi connectivity index (χ3n) is 6.91. The van der Waals surface area contributed by atoms with Crippen molar-refractivity contribution in [3.63, 3.8) is 0 Å². The maximum Gasteiger partial charge on any atom is 0.435 e. The van der Waals surface area contributed by atoms with E-state index in [0.29, 0.717) is 27.8 Å². The molecule has 2 N–H and O–H groups in total. The SMILES string of the molecule is CC(C)(C)OC(=O)Cc1ccccc1OCc1cc(-c2cccc([C@@H](CO)NC(=O)OC(C)(C)C)c2)c2cnn(C(=O)OC(C)(C)C)c2c1. The number of aromatic nitrogens is 2. The molecule has 0 aliphatic carbocycles. The Morgan fingerprint density at radius 1 is 0.837 bits per heavy atom. The van der Waals surface area contributed by atoms with Gasteiger partial charge in [-0.05, 0) is 109 Å². The first-order valence-corrected chi connectivity index (χ1v) is 16.2. The summed E-state index contributed by atoms with van der Waals surface area (Å²) in [6, 6.07) is 17.7. The smallest absolute Gasteiger partial charge is 0.435 e. The molecule has 0 bridgehead atoms. The lowest BCUT2D eigenvalue weighted by Crippen LogP contribution is -2.36. The van der Waals surface area contributed by atoms with Crippen molar-refractivity contribution in [1.29, 1.82) is 0 Å². The Kier molecular flexibility index (Phi) is 11.1. The van der Waals surface area contributed by atoms with Crippen molar-refractivity contribution in [2.75, 3.05) is 6.61 Å². The van der Waals surface area contributed by atoms with Gasteiger partial charge >= 0.3 is 18.2 Å². The van der Waals surface area contributed by atoms with Crippen LogP contribution >= 0.6 is 0 Å². The minimum Gasteiger partial charge on any atom is -0.489 e. The van der Waals surface area contributed by atoms with Crippen molar-refractivity contribution in [3.05, 3.63) is 83.6 Å². The molecular formula is C38H47N3O8. The van der Waals surface area contributed by atoms with E-state index in [1.165, 1.54) is 4.68 Å². The van der Waals surface area contributed by atoms with Crippen LogP contribution in [0.5, 0.6) is 5.75 Å². The van der Waals surface area contributed by atoms with Gasteiger partial charge in [0.05, 0.1) is 30.8 Å². The molecule has 0 unspecified atom stereocenters. The number of hydrogen-bond donors (Lipinski definition) is 2. The fourth-order valence-corrected chi connectivity index (χ4v) is 5.05. The normalized spacial score (nSPS) is 12.7. The van der Waals surface area contributed by atoms with Crippen LogP contribution in [0, 0.1) is 0 Å². The molecule has 4 rings (SSSR count). The lowest BCUT2D eigenvalue weighted by Gasteiger charge is -2.23. The van der Waals surface area contributed by atoms with Gasteiger partial charge in [0, 0.05) is 10.9 Å². The third kappa shape index (κ3) is 10.5. The molecule has 0 aliphatic heterocycles. The largest absolute Gasteiger partial charge is 0.489 e. The van der Waals surface area contributed by atoms with Gasteiger partial charge in [-0.15, -0.1) is 0 Å². The number of benzene rings is 3. The van der Waals surface area contributed by atoms with Crippen LogP contribution in [0.1, 0.15) is 85.0 Å². The van der Waals surface area contributed by atoms with E-state index in [9.17, 15) is 19.5 Å². The van der Waals surface area contributed by atoms with Crippen molar-refractivity contribution in [3.8, 4) is 16.9 Å². The van der Waals surface area contributed by atoms with Crippen LogP contribution in [-0.4, -0.2) is 56.5 Å². The summed E-state index contributed by atoms with van der Waals surface area (Å²) in [5.74, 6) is 0.160. The number of aliphatic hydroxyl groups is 1. The summed E-state index contributed by atoms with van der Waals surface area (Å²) in [6.07, 6.45) is 0.359. The molecule has 1 heterocycles. The van der Waals surface area contributed by atoms with Crippen LogP contribution in [0.25, 0.3) is 22.0 Å². The molecule has 0 fully saturated rings. The molecule has 0 aliphatic rings. The van der Waals surface area contributed by atoms with Crippen LogP contribution in [0.4, 0.5) is 9.59 Å². The second-order valence-electron chi connectivity index (χ2n) is 14.8. The van der Waals surface area contributed by atoms with E-state index in [2.05, 4.69) is 10.4 Å². The van der Waals surface area contributed by atoms with Crippen LogP contribution in [0.2, 0.25) is 0 Å². The number of hydrogen-bond acceptors (Lipinski definition) is 9. The Bertz CT molecular complexity index is 1810. The number of carbonyl (C=O) groups is 3. The molecule has 11 nitrogen and oxygen atoms in total. The van der Waals surface area contributed by atoms with Crippen molar-refractivity contribution in [2.45, 2.75) is 98.2 Å². The van der Waals surface area contributed by atoms with E-state index in [4.69, 9.17) is 18.9 Å². The Labute approximate surface area is 287 Å². The highest BCUT2D eigenvalue weighted by Gasteiger charge is 2.24. The molecule has 0 saturated carbocycles. The number of rotatable bonds is 9. The summed E-state index contributed by atoms with van der Waals surface area (Å²) in [4.78, 5) is 38.4. The highest BCUT2D eigenvalue weighted by Crippen LogP contribution is 2.33. The highest BCUT2D eigenvalue weighted by molar-refractivity contribution is 5.98. The molecule has 0 spiro atoms. The summed E-state index contributed by atoms with van der Waals surface area (Å²) in [5, 5.41) is 18.0. The molecule has 4 aromatic rings. The number of aliphatic hydroxyl groups excluding tert-OH is 1. The zero-order valence-corrected chi connectivity index (χ0v) is 29.7. The van der Waals surface area contributed by atoms with Gasteiger partial charge in [-0.1, -0.05) is 36.4 Å². The van der Waals surface area contributed by atoms with Crippen LogP contribution in [0.3, 0.4) is 0 Å². The fraction of sp³-hybridized carbons (Fsp3) is 0.421. The number of nitrogens with one attached hydrogen (secondary N) is 1. The molecule has 0 saturated heterocycles. The van der Waals surface area contributed by atoms with E-state index in [1.807, 2.05) is 69.3 Å². The Balaban J connectivity index is 1.73. The van der Waals surface area contributed by atoms with Gasteiger partial charge in [0.15, 0.2) is 0 Å². The number of amides is 1. The van der Waals surface area contributed by atoms with E-state index in [-0.39, 0.29) is 25.6 Å². The first-order valence-electron chi connectivity index (χ1n) is 16.2. The van der Waals surface area contributed by atoms with Crippen molar-refractivity contribution < 1.29 is 38.4 Å². The summed E-state index contributed by atoms with van der Waals surface area (Å²) in [6.45, 7) is 15.8. The molecule has 3 aromatic carbocycles. The first kappa shape index (κ1) is 36.9. The van der Waals surface area contributed by atoms with Gasteiger partial charge in [0.25, 0.3) is 0 Å². The molecule has 1 atom stereocenters. The predicted molar refractivity (Wildman–Crippen MR) is 186 cm³/mol. The first-order chi connectivity index (χ1) is 22.8. The third-order valence-corrected chi connectivity index (χ3v) is 6.91. The van der Waals surface area contributed by atoms with Gasteiger partial charge in [-0.2, -0.15) is 9.78 Å². The summed E-state index contributed by atoms with van der Waals surface area (Å²) in [7, 11) is 0. The Hall–Kier alpha value is -4.90. The van der Waals surface area contributed by atoms with E-state index in [0.717, 1.165) is 16.7 Å². The zero-order valence-electron chi connectivity index (χ0n) is 29.7. The monoisotopic (exact) mass is 673 g/mol. The van der Waals surface area contributed by atoms with Crippen LogP contribution < -0.4 is 10.1 Å². The van der Waals surface area contributed by atoms with E-state index in [1.54, 1.807) is 59.9 Å². The number of nitrogens with zero attached hydrogens (tertiary/aromatic N) is 2. The number of alkyl carbamates (subject to hydrolysis) is 1. The molecule has 0 radical (unpaired) electrons. The van der Waals surface area contributed by atoms with Gasteiger partial charge in [-0.25, -0.2) is 9.59 Å². The highest BCUT2D eigenvalue weighted by atomic mass is 16.6. The Morgan fingerprint density at radius 2 is 1.51 bits per heavy atom. The topological polar surface area (TPSA) is 138 Å². The second-order valence-corrected chi connectivity index (χ2v) is 14.8. The summed E-state index contributed by atoms with van der Waals surface area (Å²) >= 11 is 0. The average molecular weight is 674 g/mol. The molecule has 1 amide bonds. The Morgan fingerprint density at radius 3 is 2.16 bits per heavy atom. The summed E-state index contributed by atoms with van der Waals surface area (Å²) in [5.41, 5.74) is 1.98. The van der Waals surface area contributed by atoms with Crippen molar-refractivity contribution in [1.82, 2.24) is 15.1 Å². The van der Waals surface area contributed by atoms with Gasteiger partial charge in [0.2, 0.25) is 0 Å².